The number of hydrogen-bond acceptors (Lipinski definition) is 3. The van der Waals surface area contributed by atoms with Crippen LogP contribution >= 0.6 is 11.6 Å². The predicted octanol–water partition coefficient (Wildman–Crippen LogP) is 1.52. The van der Waals surface area contributed by atoms with Gasteiger partial charge in [0.05, 0.1) is 5.69 Å². The summed E-state index contributed by atoms with van der Waals surface area (Å²) < 4.78 is 17.2. The second kappa shape index (κ2) is 3.49. The third kappa shape index (κ3) is 2.00. The number of benzene rings is 1. The zero-order valence-electron chi connectivity index (χ0n) is 6.38. The summed E-state index contributed by atoms with van der Waals surface area (Å²) in [5, 5.41) is -0.168. The Kier molecular flexibility index (Phi) is 2.57. The third-order valence-corrected chi connectivity index (χ3v) is 1.67. The van der Waals surface area contributed by atoms with E-state index in [0.29, 0.717) is 0 Å². The molecule has 1 aromatic carbocycles. The van der Waals surface area contributed by atoms with Gasteiger partial charge in [-0.2, -0.15) is 0 Å². The van der Waals surface area contributed by atoms with Crippen molar-refractivity contribution in [2.75, 3.05) is 5.73 Å². The molecule has 0 spiro atoms. The standard InChI is InChI=1S/C7H6ClFN2O2/c8-5-4(10)2-1-3(9)6(5)13-7(11)12/h1-2H,10H2,(H2,11,12). The minimum absolute atomic E-state index is 0.110. The van der Waals surface area contributed by atoms with Crippen LogP contribution in [0, 0.1) is 5.82 Å². The molecule has 0 bridgehead atoms. The fourth-order valence-electron chi connectivity index (χ4n) is 0.742. The number of amides is 1. The molecular formula is C7H6ClFN2O2. The van der Waals surface area contributed by atoms with Crippen molar-refractivity contribution in [1.82, 2.24) is 0 Å². The second-order valence-electron chi connectivity index (χ2n) is 2.20. The summed E-state index contributed by atoms with van der Waals surface area (Å²) in [7, 11) is 0. The first-order valence-corrected chi connectivity index (χ1v) is 3.61. The molecule has 4 N–H and O–H groups in total. The molecule has 0 fully saturated rings. The highest BCUT2D eigenvalue weighted by atomic mass is 35.5. The predicted molar refractivity (Wildman–Crippen MR) is 46.0 cm³/mol. The summed E-state index contributed by atoms with van der Waals surface area (Å²) >= 11 is 5.54. The van der Waals surface area contributed by atoms with E-state index >= 15 is 0 Å². The molecule has 0 atom stereocenters. The lowest BCUT2D eigenvalue weighted by molar-refractivity contribution is 0.209. The average molecular weight is 205 g/mol. The van der Waals surface area contributed by atoms with Gasteiger partial charge in [-0.25, -0.2) is 9.18 Å². The summed E-state index contributed by atoms with van der Waals surface area (Å²) in [6, 6.07) is 2.28. The van der Waals surface area contributed by atoms with Crippen molar-refractivity contribution < 1.29 is 13.9 Å². The number of ether oxygens (including phenoxy) is 1. The highest BCUT2D eigenvalue weighted by Gasteiger charge is 2.13. The fourth-order valence-corrected chi connectivity index (χ4v) is 0.934. The lowest BCUT2D eigenvalue weighted by Crippen LogP contribution is -2.17. The van der Waals surface area contributed by atoms with Crippen molar-refractivity contribution in [3.05, 3.63) is 23.0 Å². The molecule has 0 aliphatic rings. The van der Waals surface area contributed by atoms with Crippen molar-refractivity contribution in [1.29, 1.82) is 0 Å². The van der Waals surface area contributed by atoms with Gasteiger partial charge in [0.15, 0.2) is 11.6 Å². The smallest absolute Gasteiger partial charge is 0.406 e. The summed E-state index contributed by atoms with van der Waals surface area (Å²) in [6.45, 7) is 0. The van der Waals surface area contributed by atoms with Crippen LogP contribution in [-0.2, 0) is 0 Å². The summed E-state index contributed by atoms with van der Waals surface area (Å²) in [4.78, 5) is 10.3. The first-order chi connectivity index (χ1) is 6.02. The van der Waals surface area contributed by atoms with E-state index in [-0.39, 0.29) is 10.7 Å². The van der Waals surface area contributed by atoms with E-state index in [0.717, 1.165) is 6.07 Å². The van der Waals surface area contributed by atoms with E-state index in [1.54, 1.807) is 0 Å². The fraction of sp³-hybridized carbons (Fsp3) is 0. The molecule has 0 saturated carbocycles. The number of anilines is 1. The molecule has 0 unspecified atom stereocenters. The van der Waals surface area contributed by atoms with Gasteiger partial charge in [-0.05, 0) is 12.1 Å². The number of hydrogen-bond donors (Lipinski definition) is 2. The molecule has 0 radical (unpaired) electrons. The number of rotatable bonds is 1. The first kappa shape index (κ1) is 9.60. The van der Waals surface area contributed by atoms with Crippen LogP contribution in [0.1, 0.15) is 0 Å². The number of nitrogens with two attached hydrogens (primary N) is 2. The van der Waals surface area contributed by atoms with E-state index in [1.165, 1.54) is 6.07 Å². The van der Waals surface area contributed by atoms with Crippen molar-refractivity contribution in [3.8, 4) is 5.75 Å². The largest absolute Gasteiger partial charge is 0.410 e. The number of halogens is 2. The van der Waals surface area contributed by atoms with Crippen molar-refractivity contribution >= 4 is 23.4 Å². The summed E-state index contributed by atoms with van der Waals surface area (Å²) in [5.74, 6) is -1.24. The monoisotopic (exact) mass is 204 g/mol. The van der Waals surface area contributed by atoms with Gasteiger partial charge < -0.3 is 16.2 Å². The number of nitrogen functional groups attached to an aromatic ring is 1. The average Bonchev–Trinajstić information content (AvgIpc) is 2.05. The van der Waals surface area contributed by atoms with Crippen LogP contribution in [0.15, 0.2) is 12.1 Å². The van der Waals surface area contributed by atoms with E-state index in [9.17, 15) is 9.18 Å². The van der Waals surface area contributed by atoms with E-state index in [1.807, 2.05) is 0 Å². The highest BCUT2D eigenvalue weighted by Crippen LogP contribution is 2.32. The van der Waals surface area contributed by atoms with Crippen LogP contribution in [0.25, 0.3) is 0 Å². The molecule has 1 rings (SSSR count). The van der Waals surface area contributed by atoms with Gasteiger partial charge in [0, 0.05) is 0 Å². The van der Waals surface area contributed by atoms with E-state index in [4.69, 9.17) is 17.3 Å². The Labute approximate surface area is 78.2 Å². The van der Waals surface area contributed by atoms with Crippen LogP contribution in [-0.4, -0.2) is 6.09 Å². The maximum absolute atomic E-state index is 12.9. The van der Waals surface area contributed by atoms with Gasteiger partial charge in [-0.3, -0.25) is 0 Å². The van der Waals surface area contributed by atoms with Crippen molar-refractivity contribution in [2.24, 2.45) is 5.73 Å². The molecule has 0 saturated heterocycles. The topological polar surface area (TPSA) is 78.3 Å². The number of carbonyl (C=O) groups excluding carboxylic acids is 1. The Morgan fingerprint density at radius 2 is 2.15 bits per heavy atom. The SMILES string of the molecule is NC(=O)Oc1c(F)ccc(N)c1Cl. The molecular weight excluding hydrogens is 199 g/mol. The first-order valence-electron chi connectivity index (χ1n) is 3.23. The summed E-state index contributed by atoms with van der Waals surface area (Å²) in [5.41, 5.74) is 10.1. The normalized spacial score (nSPS) is 9.69. The lowest BCUT2D eigenvalue weighted by Gasteiger charge is -2.06. The molecule has 0 aliphatic heterocycles. The summed E-state index contributed by atoms with van der Waals surface area (Å²) in [6.07, 6.45) is -1.15. The molecule has 70 valence electrons. The highest BCUT2D eigenvalue weighted by molar-refractivity contribution is 6.34. The maximum Gasteiger partial charge on any atom is 0.410 e. The molecule has 0 aliphatic carbocycles. The van der Waals surface area contributed by atoms with Crippen LogP contribution in [0.5, 0.6) is 5.75 Å². The van der Waals surface area contributed by atoms with Gasteiger partial charge >= 0.3 is 6.09 Å². The number of primary amides is 1. The molecule has 13 heavy (non-hydrogen) atoms. The Bertz CT molecular complexity index is 357. The molecule has 1 aromatic rings. The van der Waals surface area contributed by atoms with Gasteiger partial charge in [0.1, 0.15) is 5.02 Å². The Morgan fingerprint density at radius 3 is 2.69 bits per heavy atom. The van der Waals surface area contributed by atoms with Crippen LogP contribution in [0.3, 0.4) is 0 Å². The minimum Gasteiger partial charge on any atom is -0.406 e. The molecule has 0 aromatic heterocycles. The van der Waals surface area contributed by atoms with Gasteiger partial charge in [-0.15, -0.1) is 0 Å². The maximum atomic E-state index is 12.9. The van der Waals surface area contributed by atoms with Crippen molar-refractivity contribution in [3.63, 3.8) is 0 Å². The number of carbonyl (C=O) groups is 1. The van der Waals surface area contributed by atoms with E-state index < -0.39 is 17.7 Å². The van der Waals surface area contributed by atoms with Gasteiger partial charge in [0.2, 0.25) is 0 Å². The van der Waals surface area contributed by atoms with Crippen LogP contribution in [0.2, 0.25) is 5.02 Å². The Hall–Kier alpha value is -1.49. The van der Waals surface area contributed by atoms with Crippen LogP contribution < -0.4 is 16.2 Å². The molecule has 6 heteroatoms. The van der Waals surface area contributed by atoms with Gasteiger partial charge in [0.25, 0.3) is 0 Å². The zero-order chi connectivity index (χ0) is 10.0. The lowest BCUT2D eigenvalue weighted by atomic mass is 10.3. The third-order valence-electron chi connectivity index (χ3n) is 1.28. The molecule has 1 amide bonds. The molecule has 4 nitrogen and oxygen atoms in total. The van der Waals surface area contributed by atoms with Crippen molar-refractivity contribution in [2.45, 2.75) is 0 Å². The zero-order valence-corrected chi connectivity index (χ0v) is 7.14. The van der Waals surface area contributed by atoms with Crippen LogP contribution in [0.4, 0.5) is 14.9 Å². The second-order valence-corrected chi connectivity index (χ2v) is 2.58. The molecule has 0 heterocycles. The Morgan fingerprint density at radius 1 is 1.54 bits per heavy atom. The quantitative estimate of drug-likeness (QED) is 0.681. The van der Waals surface area contributed by atoms with Gasteiger partial charge in [-0.1, -0.05) is 11.6 Å². The minimum atomic E-state index is -1.15. The Balaban J connectivity index is 3.17. The van der Waals surface area contributed by atoms with E-state index in [2.05, 4.69) is 10.5 Å².